The van der Waals surface area contributed by atoms with Crippen LogP contribution in [0.3, 0.4) is 0 Å². The van der Waals surface area contributed by atoms with Crippen LogP contribution in [0, 0.1) is 0 Å². The van der Waals surface area contributed by atoms with Crippen molar-refractivity contribution in [3.05, 3.63) is 44.9 Å². The smallest absolute Gasteiger partial charge is 0.293 e. The molecule has 8 nitrogen and oxygen atoms in total. The van der Waals surface area contributed by atoms with Gasteiger partial charge in [0, 0.05) is 7.05 Å². The summed E-state index contributed by atoms with van der Waals surface area (Å²) < 4.78 is 1.37. The number of fused-ring (bicyclic) bond motifs is 2. The number of anilines is 2. The summed E-state index contributed by atoms with van der Waals surface area (Å²) in [6, 6.07) is 3.37. The molecule has 0 saturated heterocycles. The summed E-state index contributed by atoms with van der Waals surface area (Å²) in [5.41, 5.74) is -0.465. The van der Waals surface area contributed by atoms with Crippen molar-refractivity contribution >= 4 is 63.0 Å². The third-order valence-corrected chi connectivity index (χ3v) is 6.42. The number of rotatable bonds is 2. The number of thiophene rings is 1. The lowest BCUT2D eigenvalue weighted by atomic mass is 9.83. The summed E-state index contributed by atoms with van der Waals surface area (Å²) in [5, 5.41) is 10.8. The quantitative estimate of drug-likeness (QED) is 0.638. The van der Waals surface area contributed by atoms with E-state index in [1.54, 1.807) is 12.1 Å². The average molecular weight is 439 g/mol. The van der Waals surface area contributed by atoms with Gasteiger partial charge in [0.1, 0.15) is 34.0 Å². The fourth-order valence-corrected chi connectivity index (χ4v) is 4.68. The predicted molar refractivity (Wildman–Crippen MR) is 112 cm³/mol. The Morgan fingerprint density at radius 3 is 2.82 bits per heavy atom. The summed E-state index contributed by atoms with van der Waals surface area (Å²) in [4.78, 5) is 35.1. The number of amides is 1. The SMILES string of the molecule is CN1n2c(c(Cl)cc(Nc3ncnc4sccc34)c2=O)C(=O)NC12CCC2.Cl. The normalized spacial score (nSPS) is 16.9. The molecule has 1 amide bonds. The number of nitrogens with one attached hydrogen (secondary N) is 2. The molecule has 1 saturated carbocycles. The molecule has 4 heterocycles. The molecule has 146 valence electrons. The molecule has 3 aromatic heterocycles. The fraction of sp³-hybridized carbons (Fsp3) is 0.294. The number of nitrogens with zero attached hydrogens (tertiary/aromatic N) is 4. The van der Waals surface area contributed by atoms with Crippen LogP contribution in [0.1, 0.15) is 29.8 Å². The standard InChI is InChI=1S/C17H15ClN6O2S.ClH/c1-23-17(4-2-5-17)22-14(25)12-10(18)7-11(16(26)24(12)23)21-13-9-3-6-27-15(9)20-8-19-13;/h3,6-8H,2,4-5H2,1H3,(H,22,25)(H,19,20,21);1H. The number of hydrogen-bond donors (Lipinski definition) is 2. The van der Waals surface area contributed by atoms with Crippen molar-refractivity contribution in [2.45, 2.75) is 24.9 Å². The van der Waals surface area contributed by atoms with Gasteiger partial charge in [0.25, 0.3) is 11.5 Å². The van der Waals surface area contributed by atoms with Crippen LogP contribution in [0.5, 0.6) is 0 Å². The summed E-state index contributed by atoms with van der Waals surface area (Å²) in [6.07, 6.45) is 4.02. The highest BCUT2D eigenvalue weighted by molar-refractivity contribution is 7.16. The van der Waals surface area contributed by atoms with E-state index in [0.717, 1.165) is 29.5 Å². The van der Waals surface area contributed by atoms with Crippen LogP contribution >= 0.6 is 35.3 Å². The van der Waals surface area contributed by atoms with Crippen molar-refractivity contribution < 1.29 is 4.79 Å². The van der Waals surface area contributed by atoms with Crippen molar-refractivity contribution in [3.8, 4) is 0 Å². The molecule has 0 atom stereocenters. The summed E-state index contributed by atoms with van der Waals surface area (Å²) in [6.45, 7) is 0. The lowest BCUT2D eigenvalue weighted by Gasteiger charge is -2.53. The molecule has 1 fully saturated rings. The van der Waals surface area contributed by atoms with Crippen LogP contribution in [0.25, 0.3) is 10.2 Å². The number of carbonyl (C=O) groups is 1. The molecule has 3 aromatic rings. The van der Waals surface area contributed by atoms with Crippen LogP contribution in [-0.2, 0) is 0 Å². The zero-order valence-electron chi connectivity index (χ0n) is 14.7. The van der Waals surface area contributed by atoms with Gasteiger partial charge in [0.2, 0.25) is 0 Å². The topological polar surface area (TPSA) is 92.2 Å². The van der Waals surface area contributed by atoms with Crippen molar-refractivity contribution in [1.82, 2.24) is 20.0 Å². The molecular weight excluding hydrogens is 423 g/mol. The van der Waals surface area contributed by atoms with Crippen LogP contribution < -0.4 is 21.2 Å². The van der Waals surface area contributed by atoms with Gasteiger partial charge in [-0.15, -0.1) is 23.7 Å². The molecule has 0 bridgehead atoms. The number of aromatic nitrogens is 3. The maximum absolute atomic E-state index is 13.2. The van der Waals surface area contributed by atoms with Crippen LogP contribution in [0.4, 0.5) is 11.5 Å². The van der Waals surface area contributed by atoms with Crippen LogP contribution in [0.15, 0.2) is 28.6 Å². The molecule has 1 aliphatic heterocycles. The summed E-state index contributed by atoms with van der Waals surface area (Å²) in [5.74, 6) is 0.194. The van der Waals surface area contributed by atoms with E-state index in [0.29, 0.717) is 5.82 Å². The van der Waals surface area contributed by atoms with Gasteiger partial charge in [0.15, 0.2) is 0 Å². The van der Waals surface area contributed by atoms with Crippen molar-refractivity contribution in [2.24, 2.45) is 0 Å². The van der Waals surface area contributed by atoms with Crippen LogP contribution in [-0.4, -0.2) is 33.3 Å². The first-order valence-corrected chi connectivity index (χ1v) is 9.73. The minimum atomic E-state index is -0.522. The molecule has 28 heavy (non-hydrogen) atoms. The second kappa shape index (κ2) is 6.61. The lowest BCUT2D eigenvalue weighted by molar-refractivity contribution is 0.0700. The molecule has 0 radical (unpaired) electrons. The largest absolute Gasteiger partial charge is 0.335 e. The maximum atomic E-state index is 13.2. The Balaban J connectivity index is 0.00000192. The zero-order chi connectivity index (χ0) is 18.8. The molecule has 1 aliphatic carbocycles. The van der Waals surface area contributed by atoms with Gasteiger partial charge >= 0.3 is 0 Å². The van der Waals surface area contributed by atoms with E-state index >= 15 is 0 Å². The first kappa shape index (κ1) is 19.0. The Hall–Kier alpha value is -2.36. The minimum Gasteiger partial charge on any atom is -0.335 e. The van der Waals surface area contributed by atoms with E-state index in [2.05, 4.69) is 20.6 Å². The van der Waals surface area contributed by atoms with Gasteiger partial charge in [-0.25, -0.2) is 14.6 Å². The van der Waals surface area contributed by atoms with E-state index < -0.39 is 5.66 Å². The molecule has 11 heteroatoms. The van der Waals surface area contributed by atoms with E-state index in [4.69, 9.17) is 11.6 Å². The summed E-state index contributed by atoms with van der Waals surface area (Å²) >= 11 is 7.87. The number of pyridine rings is 1. The minimum absolute atomic E-state index is 0. The van der Waals surface area contributed by atoms with Crippen molar-refractivity contribution in [1.29, 1.82) is 0 Å². The average Bonchev–Trinajstić information content (AvgIpc) is 3.09. The van der Waals surface area contributed by atoms with Crippen molar-refractivity contribution in [3.63, 3.8) is 0 Å². The molecule has 5 rings (SSSR count). The molecule has 0 aromatic carbocycles. The highest BCUT2D eigenvalue weighted by Gasteiger charge is 2.48. The molecule has 0 unspecified atom stereocenters. The number of halogens is 2. The van der Waals surface area contributed by atoms with Crippen LogP contribution in [0.2, 0.25) is 5.02 Å². The maximum Gasteiger partial charge on any atom is 0.293 e. The Morgan fingerprint density at radius 1 is 1.32 bits per heavy atom. The molecule has 2 N–H and O–H groups in total. The Labute approximate surface area is 174 Å². The Bertz CT molecular complexity index is 1160. The molecule has 1 spiro atoms. The van der Waals surface area contributed by atoms with Gasteiger partial charge in [-0.1, -0.05) is 11.6 Å². The predicted octanol–water partition coefficient (Wildman–Crippen LogP) is 2.86. The second-order valence-electron chi connectivity index (χ2n) is 6.72. The molecular formula is C17H16Cl2N6O2S. The first-order valence-electron chi connectivity index (χ1n) is 8.48. The zero-order valence-corrected chi connectivity index (χ0v) is 17.1. The second-order valence-corrected chi connectivity index (χ2v) is 8.02. The van der Waals surface area contributed by atoms with Gasteiger partial charge in [-0.3, -0.25) is 14.6 Å². The van der Waals surface area contributed by atoms with E-state index in [-0.39, 0.29) is 40.3 Å². The van der Waals surface area contributed by atoms with Gasteiger partial charge in [-0.05, 0) is 36.8 Å². The van der Waals surface area contributed by atoms with E-state index in [9.17, 15) is 9.59 Å². The summed E-state index contributed by atoms with van der Waals surface area (Å²) in [7, 11) is 1.80. The number of hydrogen-bond acceptors (Lipinski definition) is 7. The van der Waals surface area contributed by atoms with E-state index in [1.807, 2.05) is 11.4 Å². The third kappa shape index (κ3) is 2.57. The Morgan fingerprint density at radius 2 is 2.11 bits per heavy atom. The van der Waals surface area contributed by atoms with Gasteiger partial charge in [0.05, 0.1) is 10.4 Å². The molecule has 2 aliphatic rings. The lowest BCUT2D eigenvalue weighted by Crippen LogP contribution is -2.72. The van der Waals surface area contributed by atoms with Crippen molar-refractivity contribution in [2.75, 3.05) is 17.4 Å². The highest BCUT2D eigenvalue weighted by atomic mass is 35.5. The third-order valence-electron chi connectivity index (χ3n) is 5.31. The van der Waals surface area contributed by atoms with E-state index in [1.165, 1.54) is 28.4 Å². The number of carbonyl (C=O) groups excluding carboxylic acids is 1. The highest BCUT2D eigenvalue weighted by Crippen LogP contribution is 2.37. The fourth-order valence-electron chi connectivity index (χ4n) is 3.67. The van der Waals surface area contributed by atoms with Gasteiger partial charge < -0.3 is 10.6 Å². The Kier molecular flexibility index (Phi) is 4.48. The first-order chi connectivity index (χ1) is 13.0. The monoisotopic (exact) mass is 438 g/mol. The van der Waals surface area contributed by atoms with Gasteiger partial charge in [-0.2, -0.15) is 0 Å².